The van der Waals surface area contributed by atoms with Crippen molar-refractivity contribution in [3.63, 3.8) is 0 Å². The number of hydrogen-bond acceptors (Lipinski definition) is 12. The SMILES string of the molecule is COC1OC(COC2OC(COCc3ccccc3)C(OCc3ccccc3)C(OCc3ccccc3)C2OC(=O)C(C)(C)C)C(OCc2ccccc2)C(OCc2ccccc2)C1OB(C)P. The molecule has 5 aromatic carbocycles. The van der Waals surface area contributed by atoms with Crippen LogP contribution in [0.25, 0.3) is 0 Å². The number of hydrogen-bond donors (Lipinski definition) is 0. The van der Waals surface area contributed by atoms with Gasteiger partial charge in [-0.3, -0.25) is 4.79 Å². The topological polar surface area (TPSA) is 119 Å². The van der Waals surface area contributed by atoms with Crippen LogP contribution in [0.15, 0.2) is 152 Å². The molecule has 11 unspecified atom stereocenters. The Bertz CT molecular complexity index is 2190. The van der Waals surface area contributed by atoms with Crippen molar-refractivity contribution in [2.45, 2.75) is 122 Å². The Morgan fingerprint density at radius 3 is 1.26 bits per heavy atom. The summed E-state index contributed by atoms with van der Waals surface area (Å²) in [6.45, 7) is 8.35. The fourth-order valence-corrected chi connectivity index (χ4v) is 8.25. The lowest BCUT2D eigenvalue weighted by Gasteiger charge is -2.48. The van der Waals surface area contributed by atoms with Crippen LogP contribution in [0.2, 0.25) is 6.82 Å². The van der Waals surface area contributed by atoms with E-state index in [2.05, 4.69) is 9.12 Å². The molecular weight excluding hydrogens is 882 g/mol. The van der Waals surface area contributed by atoms with E-state index in [0.717, 1.165) is 27.8 Å². The van der Waals surface area contributed by atoms with Crippen molar-refractivity contribution in [2.24, 2.45) is 5.41 Å². The Kier molecular flexibility index (Phi) is 19.7. The molecule has 0 N–H and O–H groups in total. The van der Waals surface area contributed by atoms with Crippen LogP contribution in [0.4, 0.5) is 0 Å². The van der Waals surface area contributed by atoms with E-state index in [0.29, 0.717) is 6.61 Å². The van der Waals surface area contributed by atoms with Crippen molar-refractivity contribution < 1.29 is 56.8 Å². The van der Waals surface area contributed by atoms with Gasteiger partial charge in [-0.25, -0.2) is 0 Å². The molecule has 362 valence electrons. The summed E-state index contributed by atoms with van der Waals surface area (Å²) in [5, 5.41) is 0. The summed E-state index contributed by atoms with van der Waals surface area (Å²) in [7, 11) is 4.25. The fraction of sp³-hybridized carbons (Fsp3) is 0.426. The number of carbonyl (C=O) groups excluding carboxylic acids is 1. The monoisotopic (exact) mass is 948 g/mol. The summed E-state index contributed by atoms with van der Waals surface area (Å²) < 4.78 is 73.2. The predicted octanol–water partition coefficient (Wildman–Crippen LogP) is 8.99. The van der Waals surface area contributed by atoms with Gasteiger partial charge >= 0.3 is 12.6 Å². The van der Waals surface area contributed by atoms with Gasteiger partial charge in [0.2, 0.25) is 0 Å². The van der Waals surface area contributed by atoms with Crippen LogP contribution in [0.1, 0.15) is 48.6 Å². The standard InChI is InChI=1S/C54H66BO12P/c1-54(2,3)53(56)66-49-47(61-34-41-27-17-9-18-28-41)45(59-32-39-23-13-7-14-24-39)43(36-58-31-38-21-11-6-12-22-38)65-52(49)63-37-44-46(60-33-40-25-15-8-16-26-40)48(62-35-42-29-19-10-20-30-42)50(67-55(4)68)51(57-5)64-44/h6-30,43-52H,31-37,68H2,1-5H3. The summed E-state index contributed by atoms with van der Waals surface area (Å²) in [6.07, 6.45) is -8.49. The first-order chi connectivity index (χ1) is 33.1. The molecule has 12 nitrogen and oxygen atoms in total. The van der Waals surface area contributed by atoms with Crippen LogP contribution in [0.3, 0.4) is 0 Å². The fourth-order valence-electron chi connectivity index (χ4n) is 8.07. The maximum absolute atomic E-state index is 14.1. The zero-order chi connectivity index (χ0) is 47.7. The largest absolute Gasteiger partial charge is 0.454 e. The van der Waals surface area contributed by atoms with E-state index in [9.17, 15) is 4.79 Å². The van der Waals surface area contributed by atoms with E-state index in [1.807, 2.05) is 158 Å². The van der Waals surface area contributed by atoms with Crippen molar-refractivity contribution in [3.05, 3.63) is 179 Å². The first kappa shape index (κ1) is 51.5. The van der Waals surface area contributed by atoms with Crippen molar-refractivity contribution >= 4 is 21.7 Å². The van der Waals surface area contributed by atoms with Crippen LogP contribution in [-0.2, 0) is 89.9 Å². The Hall–Kier alpha value is -4.34. The molecule has 2 fully saturated rings. The molecule has 7 rings (SSSR count). The van der Waals surface area contributed by atoms with Gasteiger partial charge in [-0.05, 0) is 48.6 Å². The van der Waals surface area contributed by atoms with Crippen LogP contribution in [0.5, 0.6) is 0 Å². The summed E-state index contributed by atoms with van der Waals surface area (Å²) in [4.78, 5) is 14.1. The molecule has 2 aliphatic heterocycles. The average molecular weight is 949 g/mol. The third kappa shape index (κ3) is 15.1. The molecule has 0 spiro atoms. The Balaban J connectivity index is 1.24. The number of carbonyl (C=O) groups is 1. The van der Waals surface area contributed by atoms with Gasteiger partial charge in [0.1, 0.15) is 42.7 Å². The van der Waals surface area contributed by atoms with Crippen molar-refractivity contribution in [1.82, 2.24) is 0 Å². The van der Waals surface area contributed by atoms with E-state index in [-0.39, 0.29) is 46.3 Å². The highest BCUT2D eigenvalue weighted by Gasteiger charge is 2.53. The highest BCUT2D eigenvalue weighted by atomic mass is 31.0. The zero-order valence-electron chi connectivity index (χ0n) is 39.7. The van der Waals surface area contributed by atoms with E-state index in [1.54, 1.807) is 27.9 Å². The van der Waals surface area contributed by atoms with Gasteiger partial charge in [-0.1, -0.05) is 158 Å². The minimum Gasteiger partial charge on any atom is -0.454 e. The second kappa shape index (κ2) is 26.0. The summed E-state index contributed by atoms with van der Waals surface area (Å²) in [6, 6.07) is 49.4. The molecule has 0 bridgehead atoms. The van der Waals surface area contributed by atoms with Gasteiger partial charge in [0.25, 0.3) is 0 Å². The predicted molar refractivity (Wildman–Crippen MR) is 262 cm³/mol. The maximum Gasteiger partial charge on any atom is 0.312 e. The molecule has 2 heterocycles. The van der Waals surface area contributed by atoms with E-state index >= 15 is 0 Å². The molecule has 2 aliphatic rings. The third-order valence-corrected chi connectivity index (χ3v) is 11.8. The van der Waals surface area contributed by atoms with Crippen molar-refractivity contribution in [2.75, 3.05) is 20.3 Å². The first-order valence-electron chi connectivity index (χ1n) is 23.4. The van der Waals surface area contributed by atoms with E-state index < -0.39 is 72.8 Å². The normalized spacial score (nSPS) is 25.1. The molecule has 0 aliphatic carbocycles. The minimum absolute atomic E-state index is 0.0968. The molecule has 0 saturated carbocycles. The minimum atomic E-state index is -1.19. The van der Waals surface area contributed by atoms with Gasteiger partial charge < -0.3 is 52.0 Å². The van der Waals surface area contributed by atoms with Crippen molar-refractivity contribution in [1.29, 1.82) is 0 Å². The quantitative estimate of drug-likeness (QED) is 0.0354. The molecule has 14 heteroatoms. The first-order valence-corrected chi connectivity index (χ1v) is 24.0. The molecule has 2 saturated heterocycles. The number of ether oxygens (including phenoxy) is 10. The smallest absolute Gasteiger partial charge is 0.312 e. The highest BCUT2D eigenvalue weighted by Crippen LogP contribution is 2.35. The van der Waals surface area contributed by atoms with Crippen LogP contribution in [-0.4, -0.2) is 94.3 Å². The molecule has 5 aromatic rings. The van der Waals surface area contributed by atoms with Gasteiger partial charge in [-0.2, -0.15) is 0 Å². The van der Waals surface area contributed by atoms with Crippen LogP contribution >= 0.6 is 9.12 Å². The second-order valence-electron chi connectivity index (χ2n) is 18.1. The number of esters is 1. The van der Waals surface area contributed by atoms with E-state index in [4.69, 9.17) is 52.0 Å². The molecule has 68 heavy (non-hydrogen) atoms. The molecular formula is C54H66BO12P. The number of benzene rings is 5. The molecule has 0 amide bonds. The second-order valence-corrected chi connectivity index (χ2v) is 19.1. The zero-order valence-corrected chi connectivity index (χ0v) is 40.9. The average Bonchev–Trinajstić information content (AvgIpc) is 3.35. The lowest BCUT2D eigenvalue weighted by Crippen LogP contribution is -2.64. The van der Waals surface area contributed by atoms with Gasteiger partial charge in [0.15, 0.2) is 18.7 Å². The lowest BCUT2D eigenvalue weighted by molar-refractivity contribution is -0.342. The number of methoxy groups -OCH3 is 1. The van der Waals surface area contributed by atoms with Crippen LogP contribution < -0.4 is 0 Å². The van der Waals surface area contributed by atoms with Gasteiger partial charge in [0, 0.05) is 7.11 Å². The summed E-state index contributed by atoms with van der Waals surface area (Å²) >= 11 is 0. The Morgan fingerprint density at radius 1 is 0.500 bits per heavy atom. The van der Waals surface area contributed by atoms with Gasteiger partial charge in [0.05, 0.1) is 51.7 Å². The Labute approximate surface area is 404 Å². The number of rotatable bonds is 23. The highest BCUT2D eigenvalue weighted by molar-refractivity contribution is 7.60. The molecule has 0 aromatic heterocycles. The Morgan fingerprint density at radius 2 is 0.868 bits per heavy atom. The summed E-state index contributed by atoms with van der Waals surface area (Å²) in [5.74, 6) is -0.466. The lowest BCUT2D eigenvalue weighted by atomic mass is 9.94. The van der Waals surface area contributed by atoms with E-state index in [1.165, 1.54) is 0 Å². The maximum atomic E-state index is 14.1. The molecule has 11 atom stereocenters. The van der Waals surface area contributed by atoms with Crippen LogP contribution in [0, 0.1) is 5.41 Å². The molecule has 0 radical (unpaired) electrons. The van der Waals surface area contributed by atoms with Crippen molar-refractivity contribution in [3.8, 4) is 0 Å². The summed E-state index contributed by atoms with van der Waals surface area (Å²) in [5.41, 5.74) is 3.93. The third-order valence-electron chi connectivity index (χ3n) is 11.6. The van der Waals surface area contributed by atoms with Gasteiger partial charge in [-0.15, -0.1) is 9.12 Å².